The molecule has 20 heavy (non-hydrogen) atoms. The van der Waals surface area contributed by atoms with Gasteiger partial charge in [0.25, 0.3) is 0 Å². The molecule has 1 fully saturated rings. The van der Waals surface area contributed by atoms with Crippen LogP contribution in [-0.4, -0.2) is 22.6 Å². The minimum Gasteiger partial charge on any atom is -0.481 e. The number of aliphatic carboxylic acids is 1. The van der Waals surface area contributed by atoms with E-state index in [1.54, 1.807) is 0 Å². The summed E-state index contributed by atoms with van der Waals surface area (Å²) in [5.41, 5.74) is -1.37. The topological polar surface area (TPSA) is 78.4 Å². The Kier molecular flexibility index (Phi) is 3.87. The second-order valence-electron chi connectivity index (χ2n) is 4.88. The number of nitrogens with one attached hydrogen (secondary N) is 2. The number of benzene rings is 1. The highest BCUT2D eigenvalue weighted by Gasteiger charge is 2.40. The molecule has 0 aliphatic heterocycles. The highest BCUT2D eigenvalue weighted by molar-refractivity contribution is 5.90. The second-order valence-corrected chi connectivity index (χ2v) is 4.88. The highest BCUT2D eigenvalue weighted by atomic mass is 19.1. The number of urea groups is 1. The van der Waals surface area contributed by atoms with Gasteiger partial charge in [-0.25, -0.2) is 13.6 Å². The van der Waals surface area contributed by atoms with Crippen LogP contribution in [0.5, 0.6) is 0 Å². The molecule has 1 saturated carbocycles. The molecule has 0 bridgehead atoms. The molecular weight excluding hydrogens is 270 g/mol. The molecule has 0 radical (unpaired) electrons. The van der Waals surface area contributed by atoms with E-state index in [0.717, 1.165) is 18.6 Å². The third-order valence-electron chi connectivity index (χ3n) is 3.38. The van der Waals surface area contributed by atoms with Gasteiger partial charge in [-0.1, -0.05) is 6.07 Å². The minimum absolute atomic E-state index is 0.208. The molecule has 0 spiro atoms. The van der Waals surface area contributed by atoms with E-state index in [9.17, 15) is 18.4 Å². The Labute approximate surface area is 114 Å². The molecule has 1 aliphatic carbocycles. The lowest BCUT2D eigenvalue weighted by atomic mass is 9.74. The number of anilines is 1. The zero-order valence-electron chi connectivity index (χ0n) is 10.6. The van der Waals surface area contributed by atoms with Gasteiger partial charge >= 0.3 is 12.0 Å². The Morgan fingerprint density at radius 2 is 1.85 bits per heavy atom. The fourth-order valence-electron chi connectivity index (χ4n) is 2.24. The number of carboxylic acid groups (broad SMARTS) is 1. The molecule has 0 unspecified atom stereocenters. The Bertz CT molecular complexity index is 524. The van der Waals surface area contributed by atoms with Crippen LogP contribution in [-0.2, 0) is 4.79 Å². The Morgan fingerprint density at radius 1 is 1.25 bits per heavy atom. The maximum absolute atomic E-state index is 13.4. The summed E-state index contributed by atoms with van der Waals surface area (Å²) in [5.74, 6) is -2.80. The molecule has 0 aromatic heterocycles. The van der Waals surface area contributed by atoms with Crippen LogP contribution in [0.15, 0.2) is 18.2 Å². The van der Waals surface area contributed by atoms with Crippen molar-refractivity contribution in [3.05, 3.63) is 29.8 Å². The van der Waals surface area contributed by atoms with Gasteiger partial charge in [-0.3, -0.25) is 4.79 Å². The normalized spacial score (nSPS) is 16.1. The average Bonchev–Trinajstić information content (AvgIpc) is 2.30. The third-order valence-corrected chi connectivity index (χ3v) is 3.38. The van der Waals surface area contributed by atoms with Crippen molar-refractivity contribution in [1.29, 1.82) is 0 Å². The average molecular weight is 284 g/mol. The van der Waals surface area contributed by atoms with Crippen molar-refractivity contribution in [3.8, 4) is 0 Å². The Balaban J connectivity index is 2.04. The van der Waals surface area contributed by atoms with Gasteiger partial charge in [-0.15, -0.1) is 0 Å². The molecule has 5 nitrogen and oxygen atoms in total. The quantitative estimate of drug-likeness (QED) is 0.794. The molecule has 0 atom stereocenters. The van der Waals surface area contributed by atoms with E-state index in [1.165, 1.54) is 6.07 Å². The Morgan fingerprint density at radius 3 is 2.30 bits per heavy atom. The highest BCUT2D eigenvalue weighted by Crippen LogP contribution is 2.35. The molecule has 1 aliphatic rings. The molecule has 7 heteroatoms. The summed E-state index contributed by atoms with van der Waals surface area (Å²) in [5, 5.41) is 13.4. The molecule has 108 valence electrons. The monoisotopic (exact) mass is 284 g/mol. The van der Waals surface area contributed by atoms with Crippen LogP contribution in [0, 0.1) is 11.6 Å². The lowest BCUT2D eigenvalue weighted by molar-refractivity contribution is -0.139. The fourth-order valence-corrected chi connectivity index (χ4v) is 2.24. The largest absolute Gasteiger partial charge is 0.481 e. The van der Waals surface area contributed by atoms with Crippen LogP contribution in [0.25, 0.3) is 0 Å². The molecule has 2 amide bonds. The van der Waals surface area contributed by atoms with E-state index < -0.39 is 34.9 Å². The molecule has 3 N–H and O–H groups in total. The van der Waals surface area contributed by atoms with E-state index in [-0.39, 0.29) is 6.42 Å². The minimum atomic E-state index is -1.03. The summed E-state index contributed by atoms with van der Waals surface area (Å²) >= 11 is 0. The smallest absolute Gasteiger partial charge is 0.319 e. The summed E-state index contributed by atoms with van der Waals surface area (Å²) in [7, 11) is 0. The first-order chi connectivity index (χ1) is 9.42. The van der Waals surface area contributed by atoms with Crippen LogP contribution < -0.4 is 10.6 Å². The van der Waals surface area contributed by atoms with Crippen molar-refractivity contribution < 1.29 is 23.5 Å². The van der Waals surface area contributed by atoms with E-state index >= 15 is 0 Å². The van der Waals surface area contributed by atoms with Gasteiger partial charge < -0.3 is 15.7 Å². The van der Waals surface area contributed by atoms with E-state index in [2.05, 4.69) is 10.6 Å². The maximum Gasteiger partial charge on any atom is 0.319 e. The van der Waals surface area contributed by atoms with Gasteiger partial charge in [0.2, 0.25) is 0 Å². The molecule has 2 rings (SSSR count). The first kappa shape index (κ1) is 14.2. The SMILES string of the molecule is O=C(O)CC1(NC(=O)Nc2c(F)cccc2F)CCC1. The van der Waals surface area contributed by atoms with Crippen molar-refractivity contribution in [3.63, 3.8) is 0 Å². The lowest BCUT2D eigenvalue weighted by Gasteiger charge is -2.41. The summed E-state index contributed by atoms with van der Waals surface area (Å²) in [6, 6.07) is 2.42. The first-order valence-corrected chi connectivity index (χ1v) is 6.17. The van der Waals surface area contributed by atoms with Crippen molar-refractivity contribution in [1.82, 2.24) is 5.32 Å². The van der Waals surface area contributed by atoms with Gasteiger partial charge in [0.1, 0.15) is 17.3 Å². The van der Waals surface area contributed by atoms with Gasteiger partial charge in [-0.05, 0) is 31.4 Å². The number of carboxylic acids is 1. The standard InChI is InChI=1S/C13H14F2N2O3/c14-8-3-1-4-9(15)11(8)16-12(20)17-13(5-2-6-13)7-10(18)19/h1,3-4H,2,5-7H2,(H,18,19)(H2,16,17,20). The van der Waals surface area contributed by atoms with Crippen molar-refractivity contribution >= 4 is 17.7 Å². The number of hydrogen-bond acceptors (Lipinski definition) is 2. The maximum atomic E-state index is 13.4. The third kappa shape index (κ3) is 3.04. The zero-order valence-corrected chi connectivity index (χ0v) is 10.6. The summed E-state index contributed by atoms with van der Waals surface area (Å²) in [6.45, 7) is 0. The van der Waals surface area contributed by atoms with Gasteiger partial charge in [0, 0.05) is 0 Å². The van der Waals surface area contributed by atoms with Crippen molar-refractivity contribution in [2.45, 2.75) is 31.2 Å². The number of carbonyl (C=O) groups is 2. The Hall–Kier alpha value is -2.18. The predicted octanol–water partition coefficient (Wildman–Crippen LogP) is 2.48. The first-order valence-electron chi connectivity index (χ1n) is 6.17. The fraction of sp³-hybridized carbons (Fsp3) is 0.385. The molecule has 0 saturated heterocycles. The number of halogens is 2. The zero-order chi connectivity index (χ0) is 14.8. The lowest BCUT2D eigenvalue weighted by Crippen LogP contribution is -2.55. The number of para-hydroxylation sites is 1. The molecule has 0 heterocycles. The predicted molar refractivity (Wildman–Crippen MR) is 67.3 cm³/mol. The van der Waals surface area contributed by atoms with E-state index in [0.29, 0.717) is 12.8 Å². The van der Waals surface area contributed by atoms with Crippen LogP contribution in [0.4, 0.5) is 19.3 Å². The number of rotatable bonds is 4. The number of amides is 2. The summed E-state index contributed by atoms with van der Waals surface area (Å²) < 4.78 is 26.7. The van der Waals surface area contributed by atoms with Crippen LogP contribution in [0.2, 0.25) is 0 Å². The van der Waals surface area contributed by atoms with Crippen LogP contribution in [0.1, 0.15) is 25.7 Å². The van der Waals surface area contributed by atoms with Crippen molar-refractivity contribution in [2.75, 3.05) is 5.32 Å². The number of hydrogen-bond donors (Lipinski definition) is 3. The summed E-state index contributed by atoms with van der Waals surface area (Å²) in [4.78, 5) is 22.5. The molecular formula is C13H14F2N2O3. The number of carbonyl (C=O) groups excluding carboxylic acids is 1. The van der Waals surface area contributed by atoms with Gasteiger partial charge in [0.05, 0.1) is 12.0 Å². The molecule has 1 aromatic carbocycles. The van der Waals surface area contributed by atoms with E-state index in [1.807, 2.05) is 0 Å². The van der Waals surface area contributed by atoms with Crippen molar-refractivity contribution in [2.24, 2.45) is 0 Å². The van der Waals surface area contributed by atoms with Crippen LogP contribution in [0.3, 0.4) is 0 Å². The van der Waals surface area contributed by atoms with Gasteiger partial charge in [0.15, 0.2) is 0 Å². The van der Waals surface area contributed by atoms with Gasteiger partial charge in [-0.2, -0.15) is 0 Å². The summed E-state index contributed by atoms with van der Waals surface area (Å²) in [6.07, 6.45) is 1.67. The van der Waals surface area contributed by atoms with E-state index in [4.69, 9.17) is 5.11 Å². The second kappa shape index (κ2) is 5.44. The van der Waals surface area contributed by atoms with Crippen LogP contribution >= 0.6 is 0 Å². The molecule has 1 aromatic rings.